The van der Waals surface area contributed by atoms with Crippen LogP contribution in [0.4, 0.5) is 0 Å². The molecule has 0 saturated carbocycles. The SMILES string of the molecule is CCNC(=NCc1ccco1)N1CCC(OCC2CCCCO2)CC1. The maximum Gasteiger partial charge on any atom is 0.194 e. The van der Waals surface area contributed by atoms with Crippen LogP contribution in [0.15, 0.2) is 27.8 Å². The molecule has 0 amide bonds. The van der Waals surface area contributed by atoms with E-state index in [9.17, 15) is 0 Å². The van der Waals surface area contributed by atoms with Gasteiger partial charge >= 0.3 is 0 Å². The van der Waals surface area contributed by atoms with Crippen LogP contribution in [0.3, 0.4) is 0 Å². The number of hydrogen-bond donors (Lipinski definition) is 1. The Bertz CT molecular complexity index is 504. The minimum absolute atomic E-state index is 0.305. The van der Waals surface area contributed by atoms with E-state index in [2.05, 4.69) is 17.1 Å². The maximum atomic E-state index is 6.10. The van der Waals surface area contributed by atoms with Gasteiger partial charge in [0, 0.05) is 26.2 Å². The lowest BCUT2D eigenvalue weighted by atomic mass is 10.1. The Hall–Kier alpha value is -1.53. The number of likely N-dealkylation sites (tertiary alicyclic amines) is 1. The number of rotatable bonds is 6. The molecule has 0 aliphatic carbocycles. The van der Waals surface area contributed by atoms with E-state index in [4.69, 9.17) is 18.9 Å². The Labute approximate surface area is 150 Å². The van der Waals surface area contributed by atoms with E-state index in [-0.39, 0.29) is 0 Å². The van der Waals surface area contributed by atoms with Gasteiger partial charge in [0.05, 0.1) is 25.1 Å². The molecule has 1 atom stereocenters. The van der Waals surface area contributed by atoms with E-state index in [1.165, 1.54) is 12.8 Å². The van der Waals surface area contributed by atoms with Crippen LogP contribution in [0.25, 0.3) is 0 Å². The normalized spacial score (nSPS) is 23.0. The fraction of sp³-hybridized carbons (Fsp3) is 0.737. The fourth-order valence-electron chi connectivity index (χ4n) is 3.40. The molecule has 0 spiro atoms. The molecule has 6 nitrogen and oxygen atoms in total. The van der Waals surface area contributed by atoms with Crippen molar-refractivity contribution in [3.8, 4) is 0 Å². The van der Waals surface area contributed by atoms with Crippen LogP contribution in [0.1, 0.15) is 44.8 Å². The molecule has 0 radical (unpaired) electrons. The number of guanidine groups is 1. The van der Waals surface area contributed by atoms with Crippen molar-refractivity contribution in [2.24, 2.45) is 4.99 Å². The average Bonchev–Trinajstić information content (AvgIpc) is 3.18. The molecular weight excluding hydrogens is 318 g/mol. The van der Waals surface area contributed by atoms with Crippen molar-refractivity contribution in [3.05, 3.63) is 24.2 Å². The van der Waals surface area contributed by atoms with Crippen molar-refractivity contribution in [2.45, 2.75) is 57.8 Å². The first kappa shape index (κ1) is 18.3. The Kier molecular flexibility index (Phi) is 7.18. The summed E-state index contributed by atoms with van der Waals surface area (Å²) in [7, 11) is 0. The van der Waals surface area contributed by atoms with Gasteiger partial charge in [-0.25, -0.2) is 4.99 Å². The fourth-order valence-corrected chi connectivity index (χ4v) is 3.40. The summed E-state index contributed by atoms with van der Waals surface area (Å²) in [5.41, 5.74) is 0. The molecule has 1 aromatic heterocycles. The van der Waals surface area contributed by atoms with E-state index < -0.39 is 0 Å². The summed E-state index contributed by atoms with van der Waals surface area (Å²) in [5.74, 6) is 1.86. The highest BCUT2D eigenvalue weighted by Gasteiger charge is 2.23. The topological polar surface area (TPSA) is 59.2 Å². The zero-order chi connectivity index (χ0) is 17.3. The number of nitrogens with zero attached hydrogens (tertiary/aromatic N) is 2. The highest BCUT2D eigenvalue weighted by molar-refractivity contribution is 5.80. The molecule has 1 aromatic rings. The van der Waals surface area contributed by atoms with Crippen molar-refractivity contribution >= 4 is 5.96 Å². The zero-order valence-electron chi connectivity index (χ0n) is 15.3. The first-order valence-electron chi connectivity index (χ1n) is 9.64. The Morgan fingerprint density at radius 1 is 1.32 bits per heavy atom. The van der Waals surface area contributed by atoms with Crippen LogP contribution in [0, 0.1) is 0 Å². The smallest absolute Gasteiger partial charge is 0.194 e. The Morgan fingerprint density at radius 3 is 2.88 bits per heavy atom. The van der Waals surface area contributed by atoms with Gasteiger partial charge in [-0.1, -0.05) is 0 Å². The summed E-state index contributed by atoms with van der Waals surface area (Å²) in [6.45, 7) is 7.13. The molecule has 2 fully saturated rings. The first-order valence-corrected chi connectivity index (χ1v) is 9.64. The van der Waals surface area contributed by atoms with Gasteiger partial charge in [0.1, 0.15) is 12.3 Å². The number of aliphatic imine (C=N–C) groups is 1. The van der Waals surface area contributed by atoms with E-state index in [0.29, 0.717) is 18.8 Å². The Morgan fingerprint density at radius 2 is 2.20 bits per heavy atom. The number of ether oxygens (including phenoxy) is 2. The third-order valence-corrected chi connectivity index (χ3v) is 4.83. The summed E-state index contributed by atoms with van der Waals surface area (Å²) >= 11 is 0. The second-order valence-corrected chi connectivity index (χ2v) is 6.76. The van der Waals surface area contributed by atoms with Crippen molar-refractivity contribution in [3.63, 3.8) is 0 Å². The van der Waals surface area contributed by atoms with E-state index >= 15 is 0 Å². The van der Waals surface area contributed by atoms with E-state index in [1.807, 2.05) is 12.1 Å². The number of piperidine rings is 1. The largest absolute Gasteiger partial charge is 0.467 e. The summed E-state index contributed by atoms with van der Waals surface area (Å²) in [6.07, 6.45) is 8.02. The minimum atomic E-state index is 0.305. The first-order chi connectivity index (χ1) is 12.3. The lowest BCUT2D eigenvalue weighted by Crippen LogP contribution is -2.47. The van der Waals surface area contributed by atoms with Crippen molar-refractivity contribution in [1.82, 2.24) is 10.2 Å². The van der Waals surface area contributed by atoms with Gasteiger partial charge in [0.25, 0.3) is 0 Å². The van der Waals surface area contributed by atoms with E-state index in [0.717, 1.165) is 63.8 Å². The van der Waals surface area contributed by atoms with Crippen LogP contribution in [-0.2, 0) is 16.0 Å². The molecule has 3 heterocycles. The van der Waals surface area contributed by atoms with E-state index in [1.54, 1.807) is 6.26 Å². The highest BCUT2D eigenvalue weighted by Crippen LogP contribution is 2.18. The van der Waals surface area contributed by atoms with Gasteiger partial charge in [-0.15, -0.1) is 0 Å². The van der Waals surface area contributed by atoms with Crippen molar-refractivity contribution in [1.29, 1.82) is 0 Å². The van der Waals surface area contributed by atoms with Gasteiger partial charge < -0.3 is 24.1 Å². The predicted molar refractivity (Wildman–Crippen MR) is 97.7 cm³/mol. The molecule has 140 valence electrons. The number of furan rings is 1. The monoisotopic (exact) mass is 349 g/mol. The van der Waals surface area contributed by atoms with Crippen LogP contribution in [-0.4, -0.2) is 55.9 Å². The van der Waals surface area contributed by atoms with Gasteiger partial charge in [0.15, 0.2) is 5.96 Å². The summed E-state index contributed by atoms with van der Waals surface area (Å²) in [4.78, 5) is 7.02. The lowest BCUT2D eigenvalue weighted by Gasteiger charge is -2.35. The molecule has 25 heavy (non-hydrogen) atoms. The molecule has 6 heteroatoms. The van der Waals surface area contributed by atoms with Gasteiger partial charge in [0.2, 0.25) is 0 Å². The third kappa shape index (κ3) is 5.75. The van der Waals surface area contributed by atoms with Crippen molar-refractivity contribution in [2.75, 3.05) is 32.8 Å². The molecule has 2 aliphatic heterocycles. The molecule has 3 rings (SSSR count). The summed E-state index contributed by atoms with van der Waals surface area (Å²) in [6, 6.07) is 3.86. The van der Waals surface area contributed by atoms with Crippen LogP contribution < -0.4 is 5.32 Å². The summed E-state index contributed by atoms with van der Waals surface area (Å²) in [5, 5.41) is 3.39. The lowest BCUT2D eigenvalue weighted by molar-refractivity contribution is -0.0721. The standard InChI is InChI=1S/C19H31N3O3/c1-2-20-19(21-14-17-7-5-13-23-17)22-10-8-16(9-11-22)25-15-18-6-3-4-12-24-18/h5,7,13,16,18H,2-4,6,8-12,14-15H2,1H3,(H,20,21). The molecule has 2 aliphatic rings. The molecule has 0 aromatic carbocycles. The maximum absolute atomic E-state index is 6.10. The van der Waals surface area contributed by atoms with Crippen LogP contribution in [0.2, 0.25) is 0 Å². The average molecular weight is 349 g/mol. The van der Waals surface area contributed by atoms with Gasteiger partial charge in [-0.3, -0.25) is 0 Å². The third-order valence-electron chi connectivity index (χ3n) is 4.83. The van der Waals surface area contributed by atoms with Crippen molar-refractivity contribution < 1.29 is 13.9 Å². The van der Waals surface area contributed by atoms with Gasteiger partial charge in [-0.05, 0) is 51.2 Å². The summed E-state index contributed by atoms with van der Waals surface area (Å²) < 4.78 is 17.2. The zero-order valence-corrected chi connectivity index (χ0v) is 15.3. The second kappa shape index (κ2) is 9.82. The molecule has 2 saturated heterocycles. The number of hydrogen-bond acceptors (Lipinski definition) is 4. The highest BCUT2D eigenvalue weighted by atomic mass is 16.5. The Balaban J connectivity index is 1.43. The minimum Gasteiger partial charge on any atom is -0.467 e. The molecule has 0 bridgehead atoms. The predicted octanol–water partition coefficient (Wildman–Crippen LogP) is 2.80. The quantitative estimate of drug-likeness (QED) is 0.632. The molecule has 1 unspecified atom stereocenters. The molecule has 1 N–H and O–H groups in total. The van der Waals surface area contributed by atoms with Crippen LogP contribution >= 0.6 is 0 Å². The van der Waals surface area contributed by atoms with Gasteiger partial charge in [-0.2, -0.15) is 0 Å². The second-order valence-electron chi connectivity index (χ2n) is 6.76. The molecular formula is C19H31N3O3. The van der Waals surface area contributed by atoms with Crippen LogP contribution in [0.5, 0.6) is 0 Å². The number of nitrogens with one attached hydrogen (secondary N) is 1.